The molecule has 7 nitrogen and oxygen atoms in total. The molecule has 1 aromatic carbocycles. The van der Waals surface area contributed by atoms with E-state index in [4.69, 9.17) is 0 Å². The highest BCUT2D eigenvalue weighted by Crippen LogP contribution is 2.26. The predicted octanol–water partition coefficient (Wildman–Crippen LogP) is 1.47. The van der Waals surface area contributed by atoms with Crippen LogP contribution in [0.3, 0.4) is 0 Å². The quantitative estimate of drug-likeness (QED) is 0.750. The lowest BCUT2D eigenvalue weighted by Crippen LogP contribution is -2.37. The fraction of sp³-hybridized carbons (Fsp3) is 0.353. The summed E-state index contributed by atoms with van der Waals surface area (Å²) in [5.74, 6) is -0.113. The van der Waals surface area contributed by atoms with Crippen LogP contribution in [0.2, 0.25) is 0 Å². The first-order chi connectivity index (χ1) is 11.5. The average molecular weight is 364 g/mol. The molecule has 0 fully saturated rings. The van der Waals surface area contributed by atoms with Crippen molar-refractivity contribution in [1.82, 2.24) is 20.4 Å². The Morgan fingerprint density at radius 3 is 2.76 bits per heavy atom. The van der Waals surface area contributed by atoms with Crippen molar-refractivity contribution >= 4 is 29.9 Å². The standard InChI is InChI=1S/C17H21N5O2.ClH/c1-10(11-4-5-14-12(6-11)7-15(23)21-14)20-17(24)16(18-2)13-8-19-22(3)9-13;/h4-6,8-10,16,18H,7H2,1-3H3,(H,20,24)(H,21,23);1H. The van der Waals surface area contributed by atoms with Gasteiger partial charge in [-0.1, -0.05) is 12.1 Å². The van der Waals surface area contributed by atoms with E-state index in [1.165, 1.54) is 0 Å². The van der Waals surface area contributed by atoms with Crippen LogP contribution in [0.25, 0.3) is 0 Å². The van der Waals surface area contributed by atoms with E-state index in [-0.39, 0.29) is 30.3 Å². The Balaban J connectivity index is 0.00000225. The third-order valence-corrected chi connectivity index (χ3v) is 4.22. The number of halogens is 1. The summed E-state index contributed by atoms with van der Waals surface area (Å²) in [5.41, 5.74) is 3.61. The number of carbonyl (C=O) groups is 2. The van der Waals surface area contributed by atoms with E-state index < -0.39 is 6.04 Å². The van der Waals surface area contributed by atoms with Gasteiger partial charge in [-0.2, -0.15) is 5.10 Å². The number of hydrogen-bond acceptors (Lipinski definition) is 4. The number of likely N-dealkylation sites (N-methyl/N-ethyl adjacent to an activating group) is 1. The summed E-state index contributed by atoms with van der Waals surface area (Å²) in [6, 6.07) is 5.16. The van der Waals surface area contributed by atoms with Crippen LogP contribution < -0.4 is 16.0 Å². The SMILES string of the molecule is CNC(C(=O)NC(C)c1ccc2c(c1)CC(=O)N2)c1cnn(C)c1.Cl. The van der Waals surface area contributed by atoms with Crippen LogP contribution >= 0.6 is 12.4 Å². The van der Waals surface area contributed by atoms with Crippen molar-refractivity contribution in [3.63, 3.8) is 0 Å². The van der Waals surface area contributed by atoms with Crippen molar-refractivity contribution in [2.75, 3.05) is 12.4 Å². The van der Waals surface area contributed by atoms with Crippen molar-refractivity contribution in [2.24, 2.45) is 7.05 Å². The molecule has 2 amide bonds. The molecule has 2 unspecified atom stereocenters. The lowest BCUT2D eigenvalue weighted by atomic mass is 10.0. The van der Waals surface area contributed by atoms with E-state index in [1.54, 1.807) is 17.9 Å². The van der Waals surface area contributed by atoms with Crippen LogP contribution in [-0.2, 0) is 23.1 Å². The first-order valence-corrected chi connectivity index (χ1v) is 7.87. The second-order valence-electron chi connectivity index (χ2n) is 6.04. The number of aromatic nitrogens is 2. The highest BCUT2D eigenvalue weighted by molar-refractivity contribution is 5.99. The molecule has 1 aliphatic rings. The maximum atomic E-state index is 12.6. The summed E-state index contributed by atoms with van der Waals surface area (Å²) in [6.45, 7) is 1.93. The van der Waals surface area contributed by atoms with Crippen molar-refractivity contribution < 1.29 is 9.59 Å². The van der Waals surface area contributed by atoms with Crippen LogP contribution in [0.15, 0.2) is 30.6 Å². The molecule has 0 saturated carbocycles. The van der Waals surface area contributed by atoms with Gasteiger partial charge >= 0.3 is 0 Å². The zero-order valence-corrected chi connectivity index (χ0v) is 15.2. The molecule has 0 aliphatic carbocycles. The zero-order chi connectivity index (χ0) is 17.3. The number of fused-ring (bicyclic) bond motifs is 1. The fourth-order valence-corrected chi connectivity index (χ4v) is 2.94. The van der Waals surface area contributed by atoms with Gasteiger partial charge in [0.2, 0.25) is 11.8 Å². The number of carbonyl (C=O) groups excluding carboxylic acids is 2. The van der Waals surface area contributed by atoms with Crippen LogP contribution in [0, 0.1) is 0 Å². The minimum absolute atomic E-state index is 0. The first-order valence-electron chi connectivity index (χ1n) is 7.87. The van der Waals surface area contributed by atoms with Crippen molar-refractivity contribution in [3.8, 4) is 0 Å². The summed E-state index contributed by atoms with van der Waals surface area (Å²) < 4.78 is 1.67. The molecule has 1 aliphatic heterocycles. The third-order valence-electron chi connectivity index (χ3n) is 4.22. The molecule has 134 valence electrons. The van der Waals surface area contributed by atoms with E-state index in [0.717, 1.165) is 22.4 Å². The normalized spacial score (nSPS) is 14.9. The number of benzene rings is 1. The molecule has 0 radical (unpaired) electrons. The number of nitrogens with one attached hydrogen (secondary N) is 3. The van der Waals surface area contributed by atoms with Crippen molar-refractivity contribution in [1.29, 1.82) is 0 Å². The van der Waals surface area contributed by atoms with Crippen LogP contribution in [0.1, 0.15) is 35.7 Å². The van der Waals surface area contributed by atoms with Gasteiger partial charge in [0.15, 0.2) is 0 Å². The minimum Gasteiger partial charge on any atom is -0.348 e. The Morgan fingerprint density at radius 1 is 1.36 bits per heavy atom. The first kappa shape index (κ1) is 19.0. The van der Waals surface area contributed by atoms with Crippen LogP contribution in [-0.4, -0.2) is 28.6 Å². The van der Waals surface area contributed by atoms with Gasteiger partial charge in [0.25, 0.3) is 0 Å². The summed E-state index contributed by atoms with van der Waals surface area (Å²) in [6.07, 6.45) is 3.88. The van der Waals surface area contributed by atoms with Gasteiger partial charge in [-0.25, -0.2) is 0 Å². The predicted molar refractivity (Wildman–Crippen MR) is 97.6 cm³/mol. The van der Waals surface area contributed by atoms with Gasteiger partial charge in [-0.15, -0.1) is 12.4 Å². The van der Waals surface area contributed by atoms with E-state index >= 15 is 0 Å². The Kier molecular flexibility index (Phi) is 5.81. The van der Waals surface area contributed by atoms with E-state index in [0.29, 0.717) is 6.42 Å². The molecular weight excluding hydrogens is 342 g/mol. The Labute approximate surface area is 152 Å². The number of hydrogen-bond donors (Lipinski definition) is 3. The topological polar surface area (TPSA) is 88.1 Å². The second kappa shape index (κ2) is 7.67. The highest BCUT2D eigenvalue weighted by atomic mass is 35.5. The van der Waals surface area contributed by atoms with Gasteiger partial charge in [0.1, 0.15) is 6.04 Å². The van der Waals surface area contributed by atoms with Gasteiger partial charge in [-0.05, 0) is 31.2 Å². The lowest BCUT2D eigenvalue weighted by Gasteiger charge is -2.20. The molecule has 0 saturated heterocycles. The molecular formula is C17H22ClN5O2. The molecule has 3 N–H and O–H groups in total. The van der Waals surface area contributed by atoms with E-state index in [1.807, 2.05) is 38.4 Å². The van der Waals surface area contributed by atoms with E-state index in [2.05, 4.69) is 21.0 Å². The Morgan fingerprint density at radius 2 is 2.12 bits per heavy atom. The fourth-order valence-electron chi connectivity index (χ4n) is 2.94. The number of anilines is 1. The highest BCUT2D eigenvalue weighted by Gasteiger charge is 2.23. The molecule has 25 heavy (non-hydrogen) atoms. The summed E-state index contributed by atoms with van der Waals surface area (Å²) in [7, 11) is 3.56. The third kappa shape index (κ3) is 4.00. The van der Waals surface area contributed by atoms with Crippen LogP contribution in [0.4, 0.5) is 5.69 Å². The maximum absolute atomic E-state index is 12.6. The number of nitrogens with zero attached hydrogens (tertiary/aromatic N) is 2. The minimum atomic E-state index is -0.459. The largest absolute Gasteiger partial charge is 0.348 e. The molecule has 0 bridgehead atoms. The molecule has 1 aromatic heterocycles. The summed E-state index contributed by atoms with van der Waals surface area (Å²) in [4.78, 5) is 24.0. The molecule has 2 heterocycles. The molecule has 8 heteroatoms. The zero-order valence-electron chi connectivity index (χ0n) is 14.4. The Hall–Kier alpha value is -2.38. The summed E-state index contributed by atoms with van der Waals surface area (Å²) >= 11 is 0. The van der Waals surface area contributed by atoms with Gasteiger partial charge in [-0.3, -0.25) is 14.3 Å². The molecule has 0 spiro atoms. The molecule has 2 aromatic rings. The second-order valence-corrected chi connectivity index (χ2v) is 6.04. The van der Waals surface area contributed by atoms with Crippen molar-refractivity contribution in [3.05, 3.63) is 47.3 Å². The van der Waals surface area contributed by atoms with E-state index in [9.17, 15) is 9.59 Å². The average Bonchev–Trinajstić information content (AvgIpc) is 3.11. The number of amides is 2. The molecule has 3 rings (SSSR count). The van der Waals surface area contributed by atoms with Gasteiger partial charge < -0.3 is 16.0 Å². The van der Waals surface area contributed by atoms with Crippen molar-refractivity contribution in [2.45, 2.75) is 25.4 Å². The van der Waals surface area contributed by atoms with Gasteiger partial charge in [0, 0.05) is 24.5 Å². The smallest absolute Gasteiger partial charge is 0.242 e. The van der Waals surface area contributed by atoms with Crippen LogP contribution in [0.5, 0.6) is 0 Å². The number of rotatable bonds is 5. The summed E-state index contributed by atoms with van der Waals surface area (Å²) in [5, 5.41) is 12.9. The number of aryl methyl sites for hydroxylation is 1. The van der Waals surface area contributed by atoms with Gasteiger partial charge in [0.05, 0.1) is 18.7 Å². The molecule has 2 atom stereocenters. The maximum Gasteiger partial charge on any atom is 0.242 e. The Bertz CT molecular complexity index is 789. The lowest BCUT2D eigenvalue weighted by molar-refractivity contribution is -0.123. The monoisotopic (exact) mass is 363 g/mol.